The molecule has 218 valence electrons. The number of ether oxygens (including phenoxy) is 2. The summed E-state index contributed by atoms with van der Waals surface area (Å²) in [6.07, 6.45) is 12.2. The number of aliphatic imine (C=N–C) groups is 1. The third-order valence-corrected chi connectivity index (χ3v) is 7.69. The van der Waals surface area contributed by atoms with Gasteiger partial charge in [-0.05, 0) is 50.7 Å². The number of nitrogens with zero attached hydrogens (tertiary/aromatic N) is 2. The predicted octanol–water partition coefficient (Wildman–Crippen LogP) is 7.47. The summed E-state index contributed by atoms with van der Waals surface area (Å²) in [5.74, 6) is -1.43. The first-order valence-corrected chi connectivity index (χ1v) is 15.1. The van der Waals surface area contributed by atoms with Gasteiger partial charge < -0.3 is 14.7 Å². The first-order valence-electron chi connectivity index (χ1n) is 15.1. The Bertz CT molecular complexity index is 979. The summed E-state index contributed by atoms with van der Waals surface area (Å²) in [4.78, 5) is 30.8. The summed E-state index contributed by atoms with van der Waals surface area (Å²) in [6, 6.07) is 5.94. The molecule has 1 atom stereocenters. The first kappa shape index (κ1) is 32.5. The molecule has 0 spiro atoms. The lowest BCUT2D eigenvalue weighted by atomic mass is 9.68. The van der Waals surface area contributed by atoms with Crippen molar-refractivity contribution < 1.29 is 24.3 Å². The van der Waals surface area contributed by atoms with Crippen molar-refractivity contribution in [3.05, 3.63) is 34.9 Å². The molecule has 2 rings (SSSR count). The lowest BCUT2D eigenvalue weighted by molar-refractivity contribution is -0.164. The summed E-state index contributed by atoms with van der Waals surface area (Å²) < 4.78 is 10.8. The molecule has 0 bridgehead atoms. The molecule has 1 heterocycles. The van der Waals surface area contributed by atoms with Crippen LogP contribution in [0.1, 0.15) is 128 Å². The number of fused-ring (bicyclic) bond motifs is 1. The van der Waals surface area contributed by atoms with Gasteiger partial charge >= 0.3 is 11.9 Å². The number of oxime groups is 1. The Labute approximate surface area is 235 Å². The molecule has 1 aromatic carbocycles. The number of benzene rings is 1. The minimum absolute atomic E-state index is 0.123. The molecule has 0 aromatic heterocycles. The number of hydrogen-bond acceptors (Lipinski definition) is 7. The van der Waals surface area contributed by atoms with Crippen LogP contribution in [0.4, 0.5) is 0 Å². The Morgan fingerprint density at radius 3 is 2.21 bits per heavy atom. The van der Waals surface area contributed by atoms with Crippen molar-refractivity contribution >= 4 is 23.4 Å². The van der Waals surface area contributed by atoms with E-state index < -0.39 is 18.0 Å². The molecule has 1 aliphatic rings. The molecule has 7 heteroatoms. The Hall–Kier alpha value is -2.70. The van der Waals surface area contributed by atoms with Crippen LogP contribution in [0.5, 0.6) is 0 Å². The molecule has 0 fully saturated rings. The molecule has 1 aliphatic heterocycles. The van der Waals surface area contributed by atoms with Crippen LogP contribution in [-0.2, 0) is 24.5 Å². The molecule has 39 heavy (non-hydrogen) atoms. The lowest BCUT2D eigenvalue weighted by Gasteiger charge is -2.39. The fourth-order valence-electron chi connectivity index (χ4n) is 5.95. The minimum Gasteiger partial charge on any atom is -0.463 e. The zero-order chi connectivity index (χ0) is 28.7. The summed E-state index contributed by atoms with van der Waals surface area (Å²) in [5, 5.41) is 13.3. The number of esters is 2. The summed E-state index contributed by atoms with van der Waals surface area (Å²) in [6.45, 7) is 11.1. The molecule has 0 amide bonds. The maximum absolute atomic E-state index is 13.3. The third kappa shape index (κ3) is 8.91. The largest absolute Gasteiger partial charge is 0.463 e. The van der Waals surface area contributed by atoms with Crippen molar-refractivity contribution in [3.8, 4) is 0 Å². The van der Waals surface area contributed by atoms with Crippen LogP contribution < -0.4 is 0 Å². The predicted molar refractivity (Wildman–Crippen MR) is 157 cm³/mol. The number of carbonyl (C=O) groups is 2. The van der Waals surface area contributed by atoms with Crippen LogP contribution in [0.15, 0.2) is 28.3 Å². The van der Waals surface area contributed by atoms with Gasteiger partial charge in [0.15, 0.2) is 6.10 Å². The SMILES string of the molecule is CCCCCCCCCCC(OC(=O)/C(=N/O)C1=NCC(CCC)(CCC)c2c(C)cccc21)C(=O)OCC. The highest BCUT2D eigenvalue weighted by Gasteiger charge is 2.40. The Morgan fingerprint density at radius 2 is 1.62 bits per heavy atom. The smallest absolute Gasteiger partial charge is 0.363 e. The van der Waals surface area contributed by atoms with Crippen molar-refractivity contribution in [2.75, 3.05) is 13.2 Å². The second-order valence-corrected chi connectivity index (χ2v) is 10.8. The van der Waals surface area contributed by atoms with Gasteiger partial charge in [-0.1, -0.05) is 102 Å². The standard InChI is InChI=1S/C32H50N2O5/c1-6-10-11-12-13-14-15-16-20-26(30(35)38-9-4)39-31(36)29(34-37)28-25-19-17-18-24(5)27(25)32(21-7-2,22-8-3)23-33-28/h17-19,26,37H,6-16,20-23H2,1-5H3/b34-29+. The second-order valence-electron chi connectivity index (χ2n) is 10.8. The van der Waals surface area contributed by atoms with Crippen LogP contribution >= 0.6 is 0 Å². The van der Waals surface area contributed by atoms with E-state index in [1.165, 1.54) is 32.1 Å². The van der Waals surface area contributed by atoms with Gasteiger partial charge in [0, 0.05) is 17.5 Å². The number of unbranched alkanes of at least 4 members (excludes halogenated alkanes) is 7. The molecule has 1 unspecified atom stereocenters. The van der Waals surface area contributed by atoms with E-state index in [1.54, 1.807) is 6.92 Å². The average molecular weight is 543 g/mol. The maximum atomic E-state index is 13.3. The Morgan fingerprint density at radius 1 is 0.974 bits per heavy atom. The van der Waals surface area contributed by atoms with Crippen molar-refractivity contribution in [1.82, 2.24) is 0 Å². The lowest BCUT2D eigenvalue weighted by Crippen LogP contribution is -2.41. The summed E-state index contributed by atoms with van der Waals surface area (Å²) in [7, 11) is 0. The van der Waals surface area contributed by atoms with Gasteiger partial charge in [-0.25, -0.2) is 9.59 Å². The molecule has 0 saturated heterocycles. The van der Waals surface area contributed by atoms with E-state index in [1.807, 2.05) is 12.1 Å². The quantitative estimate of drug-likeness (QED) is 0.0682. The zero-order valence-corrected chi connectivity index (χ0v) is 24.9. The fourth-order valence-corrected chi connectivity index (χ4v) is 5.95. The third-order valence-electron chi connectivity index (χ3n) is 7.69. The van der Waals surface area contributed by atoms with Gasteiger partial charge in [-0.15, -0.1) is 0 Å². The fraction of sp³-hybridized carbons (Fsp3) is 0.688. The first-order chi connectivity index (χ1) is 18.9. The van der Waals surface area contributed by atoms with E-state index >= 15 is 0 Å². The van der Waals surface area contributed by atoms with E-state index in [9.17, 15) is 14.8 Å². The molecule has 0 saturated carbocycles. The minimum atomic E-state index is -1.05. The Kier molecular flexibility index (Phi) is 14.2. The molecule has 0 aliphatic carbocycles. The molecular weight excluding hydrogens is 492 g/mol. The summed E-state index contributed by atoms with van der Waals surface area (Å²) in [5.41, 5.74) is 3.01. The molecule has 1 aromatic rings. The van der Waals surface area contributed by atoms with E-state index in [0.717, 1.165) is 61.6 Å². The van der Waals surface area contributed by atoms with Crippen LogP contribution in [-0.4, -0.2) is 47.8 Å². The van der Waals surface area contributed by atoms with Gasteiger partial charge in [-0.2, -0.15) is 0 Å². The number of hydrogen-bond donors (Lipinski definition) is 1. The normalized spacial score (nSPS) is 15.3. The van der Waals surface area contributed by atoms with Gasteiger partial charge in [0.25, 0.3) is 0 Å². The maximum Gasteiger partial charge on any atom is 0.363 e. The van der Waals surface area contributed by atoms with Gasteiger partial charge in [0.2, 0.25) is 5.71 Å². The van der Waals surface area contributed by atoms with E-state index in [0.29, 0.717) is 18.7 Å². The monoisotopic (exact) mass is 542 g/mol. The average Bonchev–Trinajstić information content (AvgIpc) is 2.91. The van der Waals surface area contributed by atoms with Gasteiger partial charge in [-0.3, -0.25) is 4.99 Å². The molecule has 1 N–H and O–H groups in total. The van der Waals surface area contributed by atoms with E-state index in [2.05, 4.69) is 38.9 Å². The number of carbonyl (C=O) groups excluding carboxylic acids is 2. The van der Waals surface area contributed by atoms with Crippen LogP contribution in [0.2, 0.25) is 0 Å². The van der Waals surface area contributed by atoms with E-state index in [-0.39, 0.29) is 17.7 Å². The highest BCUT2D eigenvalue weighted by molar-refractivity contribution is 6.69. The molecular formula is C32H50N2O5. The zero-order valence-electron chi connectivity index (χ0n) is 24.9. The van der Waals surface area contributed by atoms with Gasteiger partial charge in [0.05, 0.1) is 6.61 Å². The number of rotatable bonds is 18. The van der Waals surface area contributed by atoms with Crippen molar-refractivity contribution in [1.29, 1.82) is 0 Å². The van der Waals surface area contributed by atoms with Crippen molar-refractivity contribution in [2.45, 2.75) is 130 Å². The number of aryl methyl sites for hydroxylation is 1. The van der Waals surface area contributed by atoms with Gasteiger partial charge in [0.1, 0.15) is 5.71 Å². The topological polar surface area (TPSA) is 97.5 Å². The Balaban J connectivity index is 2.20. The van der Waals surface area contributed by atoms with Crippen molar-refractivity contribution in [2.24, 2.45) is 10.1 Å². The highest BCUT2D eigenvalue weighted by Crippen LogP contribution is 2.41. The summed E-state index contributed by atoms with van der Waals surface area (Å²) >= 11 is 0. The van der Waals surface area contributed by atoms with Crippen LogP contribution in [0.3, 0.4) is 0 Å². The van der Waals surface area contributed by atoms with Crippen molar-refractivity contribution in [3.63, 3.8) is 0 Å². The van der Waals surface area contributed by atoms with E-state index in [4.69, 9.17) is 14.5 Å². The van der Waals surface area contributed by atoms with Crippen LogP contribution in [0, 0.1) is 6.92 Å². The second kappa shape index (κ2) is 17.1. The highest BCUT2D eigenvalue weighted by atomic mass is 16.6. The molecule has 0 radical (unpaired) electrons. The molecule has 7 nitrogen and oxygen atoms in total. The van der Waals surface area contributed by atoms with Crippen LogP contribution in [0.25, 0.3) is 0 Å².